The highest BCUT2D eigenvalue weighted by Crippen LogP contribution is 2.23. The van der Waals surface area contributed by atoms with Crippen LogP contribution in [0.15, 0.2) is 65.7 Å². The van der Waals surface area contributed by atoms with Crippen LogP contribution in [0.4, 0.5) is 4.39 Å². The van der Waals surface area contributed by atoms with E-state index in [1.54, 1.807) is 41.2 Å². The van der Waals surface area contributed by atoms with Crippen molar-refractivity contribution < 1.29 is 12.8 Å². The molecular formula is C15H12FN3O2S. The molecule has 1 heterocycles. The zero-order chi connectivity index (χ0) is 15.7. The molecule has 2 aromatic carbocycles. The smallest absolute Gasteiger partial charge is 0.233 e. The van der Waals surface area contributed by atoms with Crippen LogP contribution in [-0.4, -0.2) is 18.2 Å². The molecule has 0 saturated carbocycles. The Morgan fingerprint density at radius 1 is 0.955 bits per heavy atom. The molecule has 3 aromatic rings. The quantitative estimate of drug-likeness (QED) is 0.805. The van der Waals surface area contributed by atoms with Crippen molar-refractivity contribution in [2.75, 3.05) is 0 Å². The van der Waals surface area contributed by atoms with Crippen molar-refractivity contribution in [3.8, 4) is 16.9 Å². The summed E-state index contributed by atoms with van der Waals surface area (Å²) in [5.74, 6) is -0.324. The number of halogens is 1. The van der Waals surface area contributed by atoms with Crippen LogP contribution < -0.4 is 5.14 Å². The third kappa shape index (κ3) is 2.76. The lowest BCUT2D eigenvalue weighted by Gasteiger charge is -2.08. The van der Waals surface area contributed by atoms with Gasteiger partial charge in [0.15, 0.2) is 0 Å². The molecule has 7 heteroatoms. The number of nitrogens with two attached hydrogens (primary N) is 1. The molecule has 1 aromatic heterocycles. The molecule has 0 bridgehead atoms. The maximum Gasteiger partial charge on any atom is 0.238 e. The van der Waals surface area contributed by atoms with Crippen LogP contribution in [0, 0.1) is 5.82 Å². The van der Waals surface area contributed by atoms with Crippen LogP contribution in [0.3, 0.4) is 0 Å². The highest BCUT2D eigenvalue weighted by Gasteiger charge is 2.10. The van der Waals surface area contributed by atoms with E-state index in [0.717, 1.165) is 11.3 Å². The summed E-state index contributed by atoms with van der Waals surface area (Å²) in [6, 6.07) is 13.9. The number of hydrogen-bond donors (Lipinski definition) is 1. The van der Waals surface area contributed by atoms with E-state index in [-0.39, 0.29) is 10.7 Å². The van der Waals surface area contributed by atoms with Crippen LogP contribution >= 0.6 is 0 Å². The van der Waals surface area contributed by atoms with Crippen LogP contribution in [-0.2, 0) is 10.0 Å². The van der Waals surface area contributed by atoms with E-state index in [2.05, 4.69) is 5.10 Å². The van der Waals surface area contributed by atoms with Crippen molar-refractivity contribution in [3.05, 3.63) is 66.6 Å². The van der Waals surface area contributed by atoms with Crippen molar-refractivity contribution in [1.82, 2.24) is 9.78 Å². The first-order valence-corrected chi connectivity index (χ1v) is 7.93. The molecule has 3 rings (SSSR count). The first-order chi connectivity index (χ1) is 10.4. The first kappa shape index (κ1) is 14.4. The van der Waals surface area contributed by atoms with Gasteiger partial charge in [0.1, 0.15) is 5.82 Å². The fourth-order valence-electron chi connectivity index (χ4n) is 2.13. The molecule has 22 heavy (non-hydrogen) atoms. The molecule has 112 valence electrons. The van der Waals surface area contributed by atoms with E-state index in [9.17, 15) is 12.8 Å². The topological polar surface area (TPSA) is 78.0 Å². The maximum absolute atomic E-state index is 13.0. The van der Waals surface area contributed by atoms with Gasteiger partial charge in [0.05, 0.1) is 22.5 Å². The van der Waals surface area contributed by atoms with E-state index in [0.29, 0.717) is 5.69 Å². The minimum atomic E-state index is -3.72. The van der Waals surface area contributed by atoms with E-state index in [4.69, 9.17) is 5.14 Å². The Morgan fingerprint density at radius 2 is 1.59 bits per heavy atom. The Morgan fingerprint density at radius 3 is 2.18 bits per heavy atom. The molecule has 0 saturated heterocycles. The van der Waals surface area contributed by atoms with Gasteiger partial charge < -0.3 is 0 Å². The Labute approximate surface area is 126 Å². The average Bonchev–Trinajstić information content (AvgIpc) is 2.97. The lowest BCUT2D eigenvalue weighted by Crippen LogP contribution is -2.11. The van der Waals surface area contributed by atoms with Crippen LogP contribution in [0.25, 0.3) is 16.9 Å². The molecule has 0 fully saturated rings. The maximum atomic E-state index is 13.0. The average molecular weight is 317 g/mol. The van der Waals surface area contributed by atoms with Gasteiger partial charge in [-0.3, -0.25) is 0 Å². The molecule has 0 atom stereocenters. The second-order valence-corrected chi connectivity index (χ2v) is 6.24. The summed E-state index contributed by atoms with van der Waals surface area (Å²) in [6.45, 7) is 0. The monoisotopic (exact) mass is 317 g/mol. The van der Waals surface area contributed by atoms with Gasteiger partial charge >= 0.3 is 0 Å². The molecule has 0 spiro atoms. The van der Waals surface area contributed by atoms with Crippen molar-refractivity contribution in [3.63, 3.8) is 0 Å². The van der Waals surface area contributed by atoms with Crippen molar-refractivity contribution >= 4 is 10.0 Å². The summed E-state index contributed by atoms with van der Waals surface area (Å²) < 4.78 is 37.2. The van der Waals surface area contributed by atoms with Gasteiger partial charge in [-0.2, -0.15) is 5.10 Å². The molecule has 0 radical (unpaired) electrons. The number of primary sulfonamides is 1. The van der Waals surface area contributed by atoms with Gasteiger partial charge in [0.25, 0.3) is 0 Å². The van der Waals surface area contributed by atoms with E-state index in [1.807, 2.05) is 0 Å². The van der Waals surface area contributed by atoms with Gasteiger partial charge in [0.2, 0.25) is 10.0 Å². The molecule has 5 nitrogen and oxygen atoms in total. The number of hydrogen-bond acceptors (Lipinski definition) is 3. The number of aromatic nitrogens is 2. The second-order valence-electron chi connectivity index (χ2n) is 4.67. The van der Waals surface area contributed by atoms with Gasteiger partial charge in [-0.1, -0.05) is 12.1 Å². The largest absolute Gasteiger partial charge is 0.238 e. The van der Waals surface area contributed by atoms with Gasteiger partial charge in [0, 0.05) is 5.56 Å². The summed E-state index contributed by atoms with van der Waals surface area (Å²) in [5.41, 5.74) is 2.23. The molecule has 2 N–H and O–H groups in total. The van der Waals surface area contributed by atoms with E-state index < -0.39 is 10.0 Å². The van der Waals surface area contributed by atoms with Crippen LogP contribution in [0.5, 0.6) is 0 Å². The standard InChI is InChI=1S/C15H12FN3O2S/c16-12-3-5-13(6-4-12)19-15(9-10-18-19)11-1-7-14(8-2-11)22(17,20)21/h1-10H,(H2,17,20,21). The minimum absolute atomic E-state index is 0.0455. The van der Waals surface area contributed by atoms with Crippen LogP contribution in [0.2, 0.25) is 0 Å². The van der Waals surface area contributed by atoms with Crippen molar-refractivity contribution in [1.29, 1.82) is 0 Å². The molecule has 0 aliphatic carbocycles. The third-order valence-corrected chi connectivity index (χ3v) is 4.12. The van der Waals surface area contributed by atoms with E-state index >= 15 is 0 Å². The van der Waals surface area contributed by atoms with Crippen molar-refractivity contribution in [2.45, 2.75) is 4.90 Å². The fourth-order valence-corrected chi connectivity index (χ4v) is 2.64. The number of nitrogens with zero attached hydrogens (tertiary/aromatic N) is 2. The summed E-state index contributed by atoms with van der Waals surface area (Å²) in [5, 5.41) is 9.29. The molecular weight excluding hydrogens is 305 g/mol. The normalized spacial score (nSPS) is 11.5. The zero-order valence-corrected chi connectivity index (χ0v) is 12.2. The van der Waals surface area contributed by atoms with Gasteiger partial charge in [-0.05, 0) is 42.5 Å². The SMILES string of the molecule is NS(=O)(=O)c1ccc(-c2ccnn2-c2ccc(F)cc2)cc1. The zero-order valence-electron chi connectivity index (χ0n) is 11.3. The fraction of sp³-hybridized carbons (Fsp3) is 0. The molecule has 0 aliphatic rings. The Bertz CT molecular complexity index is 901. The second kappa shape index (κ2) is 5.36. The number of benzene rings is 2. The Kier molecular flexibility index (Phi) is 3.51. The third-order valence-electron chi connectivity index (χ3n) is 3.19. The molecule has 0 aliphatic heterocycles. The lowest BCUT2D eigenvalue weighted by atomic mass is 10.1. The van der Waals surface area contributed by atoms with Gasteiger partial charge in [-0.25, -0.2) is 22.6 Å². The first-order valence-electron chi connectivity index (χ1n) is 6.38. The molecule has 0 unspecified atom stereocenters. The predicted molar refractivity (Wildman–Crippen MR) is 80.3 cm³/mol. The lowest BCUT2D eigenvalue weighted by molar-refractivity contribution is 0.598. The molecule has 0 amide bonds. The summed E-state index contributed by atoms with van der Waals surface area (Å²) in [7, 11) is -3.72. The number of sulfonamides is 1. The highest BCUT2D eigenvalue weighted by molar-refractivity contribution is 7.89. The van der Waals surface area contributed by atoms with Gasteiger partial charge in [-0.15, -0.1) is 0 Å². The predicted octanol–water partition coefficient (Wildman–Crippen LogP) is 2.33. The minimum Gasteiger partial charge on any atom is -0.233 e. The van der Waals surface area contributed by atoms with E-state index in [1.165, 1.54) is 24.3 Å². The van der Waals surface area contributed by atoms with Crippen molar-refractivity contribution in [2.24, 2.45) is 5.14 Å². The van der Waals surface area contributed by atoms with Crippen LogP contribution in [0.1, 0.15) is 0 Å². The summed E-state index contributed by atoms with van der Waals surface area (Å²) in [6.07, 6.45) is 1.62. The summed E-state index contributed by atoms with van der Waals surface area (Å²) >= 11 is 0. The number of rotatable bonds is 3. The Hall–Kier alpha value is -2.51. The Balaban J connectivity index is 2.03. The summed E-state index contributed by atoms with van der Waals surface area (Å²) in [4.78, 5) is 0.0455. The highest BCUT2D eigenvalue weighted by atomic mass is 32.2.